The zero-order chi connectivity index (χ0) is 33.6. The topological polar surface area (TPSA) is 99.1 Å². The van der Waals surface area contributed by atoms with E-state index < -0.39 is 18.1 Å². The summed E-state index contributed by atoms with van der Waals surface area (Å²) in [5.41, 5.74) is 0. The first-order valence-corrected chi connectivity index (χ1v) is 17.5. The van der Waals surface area contributed by atoms with E-state index in [1.165, 1.54) is 25.7 Å². The lowest BCUT2D eigenvalue weighted by atomic mass is 10.1. The molecule has 0 aliphatic rings. The molecular weight excluding hydrogens is 570 g/mol. The molecule has 0 aromatic carbocycles. The fraction of sp³-hybridized carbons (Fsp3) is 0.757. The molecule has 0 aromatic heterocycles. The van der Waals surface area contributed by atoms with Crippen molar-refractivity contribution in [2.75, 3.05) is 41.0 Å². The number of carboxylic acid groups (broad SMARTS) is 1. The summed E-state index contributed by atoms with van der Waals surface area (Å²) in [4.78, 5) is 36.5. The molecule has 0 aromatic rings. The first kappa shape index (κ1) is 42.6. The molecule has 2 atom stereocenters. The van der Waals surface area contributed by atoms with Crippen molar-refractivity contribution in [2.24, 2.45) is 0 Å². The van der Waals surface area contributed by atoms with Crippen molar-refractivity contribution < 1.29 is 38.2 Å². The fourth-order valence-electron chi connectivity index (χ4n) is 4.81. The lowest BCUT2D eigenvalue weighted by Gasteiger charge is -2.31. The van der Waals surface area contributed by atoms with Crippen molar-refractivity contribution >= 4 is 17.9 Å². The maximum Gasteiger partial charge on any atom is 0.362 e. The van der Waals surface area contributed by atoms with Gasteiger partial charge < -0.3 is 23.8 Å². The van der Waals surface area contributed by atoms with Crippen LogP contribution in [0.15, 0.2) is 36.5 Å². The van der Waals surface area contributed by atoms with E-state index in [4.69, 9.17) is 14.2 Å². The summed E-state index contributed by atoms with van der Waals surface area (Å²) in [6, 6.07) is -0.614. The van der Waals surface area contributed by atoms with Crippen LogP contribution in [0.1, 0.15) is 129 Å². The highest BCUT2D eigenvalue weighted by Crippen LogP contribution is 2.12. The third-order valence-corrected chi connectivity index (χ3v) is 7.55. The van der Waals surface area contributed by atoms with Gasteiger partial charge in [-0.1, -0.05) is 102 Å². The van der Waals surface area contributed by atoms with Crippen LogP contribution in [0, 0.1) is 0 Å². The predicted octanol–water partition coefficient (Wildman–Crippen LogP) is 8.35. The molecule has 0 fully saturated rings. The molecule has 0 saturated carbocycles. The summed E-state index contributed by atoms with van der Waals surface area (Å²) >= 11 is 0. The van der Waals surface area contributed by atoms with E-state index in [-0.39, 0.29) is 36.2 Å². The number of allylic oxidation sites excluding steroid dienone is 6. The second-order valence-electron chi connectivity index (χ2n) is 12.7. The van der Waals surface area contributed by atoms with Crippen molar-refractivity contribution in [1.29, 1.82) is 0 Å². The Kier molecular flexibility index (Phi) is 27.4. The fourth-order valence-corrected chi connectivity index (χ4v) is 4.81. The Hall–Kier alpha value is -2.45. The first-order valence-electron chi connectivity index (χ1n) is 17.5. The predicted molar refractivity (Wildman–Crippen MR) is 183 cm³/mol. The molecule has 45 heavy (non-hydrogen) atoms. The van der Waals surface area contributed by atoms with Crippen LogP contribution in [0.25, 0.3) is 0 Å². The van der Waals surface area contributed by atoms with E-state index in [0.29, 0.717) is 19.3 Å². The van der Waals surface area contributed by atoms with Crippen LogP contribution < -0.4 is 0 Å². The van der Waals surface area contributed by atoms with Crippen LogP contribution >= 0.6 is 0 Å². The summed E-state index contributed by atoms with van der Waals surface area (Å²) in [6.07, 6.45) is 29.1. The van der Waals surface area contributed by atoms with Crippen molar-refractivity contribution in [3.8, 4) is 0 Å². The Balaban J connectivity index is 4.44. The third-order valence-electron chi connectivity index (χ3n) is 7.55. The average molecular weight is 637 g/mol. The molecule has 0 spiro atoms. The number of carbonyl (C=O) groups is 3. The van der Waals surface area contributed by atoms with Crippen LogP contribution in [0.3, 0.4) is 0 Å². The van der Waals surface area contributed by atoms with Crippen LogP contribution in [-0.2, 0) is 28.6 Å². The number of carboxylic acids is 1. The summed E-state index contributed by atoms with van der Waals surface area (Å²) in [5, 5.41) is 9.54. The van der Waals surface area contributed by atoms with Gasteiger partial charge in [0.05, 0.1) is 34.4 Å². The van der Waals surface area contributed by atoms with Crippen LogP contribution in [0.5, 0.6) is 0 Å². The molecule has 8 nitrogen and oxygen atoms in total. The molecule has 8 heteroatoms. The number of esters is 2. The Morgan fingerprint density at radius 3 is 1.84 bits per heavy atom. The SMILES string of the molecule is CC/C=C/C/C=C/C/C=C/CCCCCCC(=O)OCC(COCCC(C(=O)O)[N+](C)(C)C)OC(=O)CCCCCCCCC. The van der Waals surface area contributed by atoms with E-state index in [2.05, 4.69) is 50.3 Å². The van der Waals surface area contributed by atoms with Gasteiger partial charge in [0.1, 0.15) is 6.61 Å². The molecule has 0 radical (unpaired) electrons. The van der Waals surface area contributed by atoms with Gasteiger partial charge in [0.25, 0.3) is 0 Å². The molecular formula is C37H66NO7+. The van der Waals surface area contributed by atoms with Gasteiger partial charge in [-0.25, -0.2) is 4.79 Å². The van der Waals surface area contributed by atoms with Crippen LogP contribution in [-0.4, -0.2) is 80.6 Å². The van der Waals surface area contributed by atoms with Gasteiger partial charge in [-0.3, -0.25) is 9.59 Å². The quantitative estimate of drug-likeness (QED) is 0.0366. The molecule has 0 saturated heterocycles. The second kappa shape index (κ2) is 29.0. The maximum atomic E-state index is 12.5. The van der Waals surface area contributed by atoms with Crippen LogP contribution in [0.2, 0.25) is 0 Å². The largest absolute Gasteiger partial charge is 0.477 e. The van der Waals surface area contributed by atoms with Crippen molar-refractivity contribution in [1.82, 2.24) is 0 Å². The third kappa shape index (κ3) is 27.6. The molecule has 0 aliphatic carbocycles. The highest BCUT2D eigenvalue weighted by molar-refractivity contribution is 5.72. The summed E-state index contributed by atoms with van der Waals surface area (Å²) < 4.78 is 17.1. The van der Waals surface area contributed by atoms with Gasteiger partial charge in [0.2, 0.25) is 0 Å². The zero-order valence-electron chi connectivity index (χ0n) is 29.3. The minimum atomic E-state index is -0.881. The number of nitrogens with zero attached hydrogens (tertiary/aromatic N) is 1. The number of hydrogen-bond acceptors (Lipinski definition) is 6. The van der Waals surface area contributed by atoms with Crippen molar-refractivity contribution in [3.63, 3.8) is 0 Å². The summed E-state index contributed by atoms with van der Waals surface area (Å²) in [6.45, 7) is 4.52. The van der Waals surface area contributed by atoms with E-state index in [1.54, 1.807) is 0 Å². The molecule has 0 aliphatic heterocycles. The van der Waals surface area contributed by atoms with Crippen molar-refractivity contribution in [3.05, 3.63) is 36.5 Å². The van der Waals surface area contributed by atoms with Gasteiger partial charge in [0.15, 0.2) is 12.1 Å². The van der Waals surface area contributed by atoms with Gasteiger partial charge in [-0.15, -0.1) is 0 Å². The zero-order valence-corrected chi connectivity index (χ0v) is 29.3. The normalized spacial score (nSPS) is 13.5. The number of likely N-dealkylation sites (N-methyl/N-ethyl adjacent to an activating group) is 1. The summed E-state index contributed by atoms with van der Waals surface area (Å²) in [7, 11) is 5.49. The van der Waals surface area contributed by atoms with E-state index in [1.807, 2.05) is 21.1 Å². The minimum Gasteiger partial charge on any atom is -0.477 e. The smallest absolute Gasteiger partial charge is 0.362 e. The molecule has 0 rings (SSSR count). The molecule has 0 bridgehead atoms. The monoisotopic (exact) mass is 636 g/mol. The van der Waals surface area contributed by atoms with E-state index in [0.717, 1.165) is 70.6 Å². The Morgan fingerprint density at radius 1 is 0.689 bits per heavy atom. The summed E-state index contributed by atoms with van der Waals surface area (Å²) in [5.74, 6) is -1.51. The maximum absolute atomic E-state index is 12.5. The van der Waals surface area contributed by atoms with Gasteiger partial charge >= 0.3 is 17.9 Å². The second-order valence-corrected chi connectivity index (χ2v) is 12.7. The average Bonchev–Trinajstić information content (AvgIpc) is 2.98. The molecule has 260 valence electrons. The van der Waals surface area contributed by atoms with E-state index in [9.17, 15) is 19.5 Å². The number of quaternary nitrogens is 1. The number of hydrogen-bond donors (Lipinski definition) is 1. The van der Waals surface area contributed by atoms with Gasteiger partial charge in [0, 0.05) is 19.3 Å². The number of aliphatic carboxylic acids is 1. The Labute approximate surface area is 274 Å². The molecule has 1 N–H and O–H groups in total. The number of rotatable bonds is 30. The minimum absolute atomic E-state index is 0.0543. The standard InChI is InChI=1S/C37H65NO7/c1-6-8-10-12-14-15-16-17-18-19-20-22-23-25-27-35(39)44-32-33(31-43-30-29-34(37(41)42)38(3,4)5)45-36(40)28-26-24-21-13-11-9-7-2/h8,10,14-15,17-18,33-34H,6-7,9,11-13,16,19-32H2,1-5H3/p+1/b10-8+,15-14+,18-17+. The van der Waals surface area contributed by atoms with E-state index >= 15 is 0 Å². The highest BCUT2D eigenvalue weighted by atomic mass is 16.6. The lowest BCUT2D eigenvalue weighted by Crippen LogP contribution is -2.50. The lowest BCUT2D eigenvalue weighted by molar-refractivity contribution is -0.887. The number of unbranched alkanes of at least 4 members (excludes halogenated alkanes) is 10. The first-order chi connectivity index (χ1) is 21.6. The number of carbonyl (C=O) groups excluding carboxylic acids is 2. The molecule has 0 amide bonds. The Bertz CT molecular complexity index is 844. The molecule has 0 heterocycles. The Morgan fingerprint density at radius 2 is 1.24 bits per heavy atom. The van der Waals surface area contributed by atoms with Gasteiger partial charge in [-0.2, -0.15) is 0 Å². The van der Waals surface area contributed by atoms with Crippen LogP contribution in [0.4, 0.5) is 0 Å². The highest BCUT2D eigenvalue weighted by Gasteiger charge is 2.31. The molecule has 2 unspecified atom stereocenters. The van der Waals surface area contributed by atoms with Gasteiger partial charge in [-0.05, 0) is 44.9 Å². The number of ether oxygens (including phenoxy) is 3. The van der Waals surface area contributed by atoms with Crippen molar-refractivity contribution in [2.45, 2.75) is 142 Å².